The lowest BCUT2D eigenvalue weighted by atomic mass is 9.96. The molecule has 0 aromatic heterocycles. The van der Waals surface area contributed by atoms with Crippen molar-refractivity contribution in [3.05, 3.63) is 0 Å². The predicted octanol–water partition coefficient (Wildman–Crippen LogP) is 0.0950. The fourth-order valence-electron chi connectivity index (χ4n) is 1.61. The first-order valence-corrected chi connectivity index (χ1v) is 9.91. The van der Waals surface area contributed by atoms with Crippen LogP contribution < -0.4 is 0 Å². The van der Waals surface area contributed by atoms with Gasteiger partial charge in [0.25, 0.3) is 20.2 Å². The first-order valence-electron chi connectivity index (χ1n) is 6.28. The molecule has 0 aromatic carbocycles. The van der Waals surface area contributed by atoms with Crippen LogP contribution in [0.3, 0.4) is 0 Å². The zero-order valence-electron chi connectivity index (χ0n) is 12.7. The molecule has 1 fully saturated rings. The summed E-state index contributed by atoms with van der Waals surface area (Å²) in [7, 11) is -7.25. The monoisotopic (exact) mass is 346 g/mol. The Hall–Kier alpha value is -0.260. The van der Waals surface area contributed by atoms with Crippen LogP contribution in [0.4, 0.5) is 0 Å². The Morgan fingerprint density at radius 2 is 1.19 bits per heavy atom. The summed E-state index contributed by atoms with van der Waals surface area (Å²) in [6.07, 6.45) is -0.229. The molecule has 0 aliphatic carbocycles. The van der Waals surface area contributed by atoms with Crippen molar-refractivity contribution in [3.63, 3.8) is 0 Å². The molecule has 0 N–H and O–H groups in total. The molecule has 21 heavy (non-hydrogen) atoms. The van der Waals surface area contributed by atoms with E-state index in [9.17, 15) is 16.8 Å². The predicted molar refractivity (Wildman–Crippen MR) is 74.6 cm³/mol. The van der Waals surface area contributed by atoms with Crippen LogP contribution in [0, 0.1) is 5.41 Å². The second-order valence-electron chi connectivity index (χ2n) is 6.02. The summed E-state index contributed by atoms with van der Waals surface area (Å²) < 4.78 is 64.8. The molecular weight excluding hydrogens is 324 g/mol. The Balaban J connectivity index is 2.74. The lowest BCUT2D eigenvalue weighted by Gasteiger charge is -2.25. The van der Waals surface area contributed by atoms with Gasteiger partial charge in [0.15, 0.2) is 6.29 Å². The van der Waals surface area contributed by atoms with Crippen LogP contribution in [0.5, 0.6) is 0 Å². The summed E-state index contributed by atoms with van der Waals surface area (Å²) in [5.74, 6) is 0. The molecule has 8 nitrogen and oxygen atoms in total. The number of ether oxygens (including phenoxy) is 2. The molecule has 1 heterocycles. The largest absolute Gasteiger partial charge is 0.344 e. The van der Waals surface area contributed by atoms with Gasteiger partial charge in [-0.05, 0) is 0 Å². The average Bonchev–Trinajstić information content (AvgIpc) is 2.64. The van der Waals surface area contributed by atoms with E-state index in [4.69, 9.17) is 17.8 Å². The van der Waals surface area contributed by atoms with Crippen LogP contribution in [0.2, 0.25) is 0 Å². The zero-order valence-corrected chi connectivity index (χ0v) is 14.4. The number of hydrogen-bond acceptors (Lipinski definition) is 8. The van der Waals surface area contributed by atoms with Crippen LogP contribution in [0.25, 0.3) is 0 Å². The molecule has 0 spiro atoms. The smallest absolute Gasteiger partial charge is 0.264 e. The minimum Gasteiger partial charge on any atom is -0.344 e. The molecule has 1 saturated heterocycles. The highest BCUT2D eigenvalue weighted by atomic mass is 32.2. The zero-order chi connectivity index (χ0) is 16.5. The molecule has 0 radical (unpaired) electrons. The summed E-state index contributed by atoms with van der Waals surface area (Å²) in [4.78, 5) is 0. The molecule has 10 heteroatoms. The van der Waals surface area contributed by atoms with Gasteiger partial charge in [-0.15, -0.1) is 0 Å². The van der Waals surface area contributed by atoms with Crippen LogP contribution in [0.1, 0.15) is 20.8 Å². The molecule has 1 aliphatic heterocycles. The minimum atomic E-state index is -3.63. The van der Waals surface area contributed by atoms with Gasteiger partial charge in [-0.1, -0.05) is 20.8 Å². The third-order valence-electron chi connectivity index (χ3n) is 2.61. The van der Waals surface area contributed by atoms with E-state index in [0.717, 1.165) is 12.5 Å². The van der Waals surface area contributed by atoms with Crippen molar-refractivity contribution >= 4 is 20.2 Å². The van der Waals surface area contributed by atoms with Crippen LogP contribution in [-0.4, -0.2) is 61.1 Å². The molecule has 0 saturated carbocycles. The van der Waals surface area contributed by atoms with E-state index < -0.39 is 38.7 Å². The summed E-state index contributed by atoms with van der Waals surface area (Å²) in [6, 6.07) is 0. The molecule has 0 bridgehead atoms. The molecular formula is C11H22O8S2. The second kappa shape index (κ2) is 6.47. The van der Waals surface area contributed by atoms with Gasteiger partial charge < -0.3 is 9.47 Å². The van der Waals surface area contributed by atoms with Crippen LogP contribution >= 0.6 is 0 Å². The average molecular weight is 346 g/mol. The summed E-state index contributed by atoms with van der Waals surface area (Å²) in [5, 5.41) is 0. The fraction of sp³-hybridized carbons (Fsp3) is 1.00. The molecule has 2 atom stereocenters. The van der Waals surface area contributed by atoms with Crippen molar-refractivity contribution in [2.24, 2.45) is 5.41 Å². The van der Waals surface area contributed by atoms with E-state index in [1.165, 1.54) is 0 Å². The standard InChI is InChI=1S/C11H22O8S2/c1-11(2,3)10-18-8(6-16-20(4,12)13)9(19-10)7-17-21(5,14)15/h8-10H,6-7H2,1-5H3/t8-,9-/m1/s1. The Labute approximate surface area is 126 Å². The second-order valence-corrected chi connectivity index (χ2v) is 9.31. The van der Waals surface area contributed by atoms with Crippen molar-refractivity contribution in [3.8, 4) is 0 Å². The highest BCUT2D eigenvalue weighted by molar-refractivity contribution is 7.86. The molecule has 126 valence electrons. The van der Waals surface area contributed by atoms with Crippen molar-refractivity contribution in [2.75, 3.05) is 25.7 Å². The van der Waals surface area contributed by atoms with E-state index in [0.29, 0.717) is 0 Å². The molecule has 1 rings (SSSR count). The molecule has 0 unspecified atom stereocenters. The number of rotatable bonds is 6. The van der Waals surface area contributed by atoms with Gasteiger partial charge >= 0.3 is 0 Å². The van der Waals surface area contributed by atoms with E-state index in [1.54, 1.807) is 0 Å². The molecule has 0 aromatic rings. The fourth-order valence-corrected chi connectivity index (χ4v) is 2.37. The maximum atomic E-state index is 11.0. The third-order valence-corrected chi connectivity index (χ3v) is 3.74. The Morgan fingerprint density at radius 1 is 0.857 bits per heavy atom. The maximum Gasteiger partial charge on any atom is 0.264 e. The minimum absolute atomic E-state index is 0.261. The van der Waals surface area contributed by atoms with Gasteiger partial charge in [0.2, 0.25) is 0 Å². The summed E-state index contributed by atoms with van der Waals surface area (Å²) in [5.41, 5.74) is -0.358. The van der Waals surface area contributed by atoms with Gasteiger partial charge in [0.05, 0.1) is 25.7 Å². The van der Waals surface area contributed by atoms with Gasteiger partial charge in [-0.25, -0.2) is 0 Å². The van der Waals surface area contributed by atoms with E-state index in [-0.39, 0.29) is 18.6 Å². The summed E-state index contributed by atoms with van der Waals surface area (Å²) in [6.45, 7) is 5.12. The van der Waals surface area contributed by atoms with Crippen molar-refractivity contribution < 1.29 is 34.7 Å². The van der Waals surface area contributed by atoms with E-state index >= 15 is 0 Å². The van der Waals surface area contributed by atoms with Crippen molar-refractivity contribution in [1.82, 2.24) is 0 Å². The SMILES string of the molecule is CC(C)(C)C1O[C@H](COS(C)(=O)=O)[C@@H](COS(C)(=O)=O)O1. The topological polar surface area (TPSA) is 105 Å². The van der Waals surface area contributed by atoms with Gasteiger partial charge in [-0.3, -0.25) is 8.37 Å². The lowest BCUT2D eigenvalue weighted by molar-refractivity contribution is -0.135. The van der Waals surface area contributed by atoms with Crippen LogP contribution in [0.15, 0.2) is 0 Å². The quantitative estimate of drug-likeness (QED) is 0.623. The molecule has 0 amide bonds. The van der Waals surface area contributed by atoms with Gasteiger partial charge in [0.1, 0.15) is 12.2 Å². The van der Waals surface area contributed by atoms with E-state index in [2.05, 4.69) is 0 Å². The van der Waals surface area contributed by atoms with Gasteiger partial charge in [0, 0.05) is 5.41 Å². The van der Waals surface area contributed by atoms with E-state index in [1.807, 2.05) is 20.8 Å². The third kappa shape index (κ3) is 7.02. The highest BCUT2D eigenvalue weighted by Crippen LogP contribution is 2.32. The normalized spacial score (nSPS) is 25.4. The summed E-state index contributed by atoms with van der Waals surface area (Å²) >= 11 is 0. The number of hydrogen-bond donors (Lipinski definition) is 0. The first-order chi connectivity index (χ1) is 9.28. The Kier molecular flexibility index (Phi) is 5.79. The van der Waals surface area contributed by atoms with Gasteiger partial charge in [-0.2, -0.15) is 16.8 Å². The van der Waals surface area contributed by atoms with Crippen molar-refractivity contribution in [1.29, 1.82) is 0 Å². The first kappa shape index (κ1) is 18.8. The molecule has 1 aliphatic rings. The highest BCUT2D eigenvalue weighted by Gasteiger charge is 2.42. The van der Waals surface area contributed by atoms with Crippen molar-refractivity contribution in [2.45, 2.75) is 39.3 Å². The lowest BCUT2D eigenvalue weighted by Crippen LogP contribution is -2.33. The Morgan fingerprint density at radius 3 is 1.43 bits per heavy atom. The van der Waals surface area contributed by atoms with Crippen LogP contribution in [-0.2, 0) is 38.1 Å². The Bertz CT molecular complexity index is 501. The maximum absolute atomic E-state index is 11.0.